The van der Waals surface area contributed by atoms with Crippen LogP contribution in [0, 0.1) is 11.8 Å². The van der Waals surface area contributed by atoms with Crippen molar-refractivity contribution in [1.82, 2.24) is 4.90 Å². The van der Waals surface area contributed by atoms with E-state index in [9.17, 15) is 19.8 Å². The Bertz CT molecular complexity index is 791. The van der Waals surface area contributed by atoms with Crippen LogP contribution < -0.4 is 0 Å². The SMILES string of the molecule is C/C(=C\C=C\[C@@H](C)COC(=O)N1[C@H](C)CC[C@H]1C)[C@H]1OC(=O)C[C@H](O)CC[C@@](C)(O)C/C=C/[C@@H]1C. The van der Waals surface area contributed by atoms with Crippen molar-refractivity contribution in [3.8, 4) is 0 Å². The molecule has 1 amide bonds. The van der Waals surface area contributed by atoms with Crippen LogP contribution in [0.25, 0.3) is 0 Å². The number of hydrogen-bond acceptors (Lipinski definition) is 6. The number of carbonyl (C=O) groups is 2. The molecule has 0 bridgehead atoms. The van der Waals surface area contributed by atoms with Crippen LogP contribution in [0.5, 0.6) is 0 Å². The molecule has 0 aromatic heterocycles. The summed E-state index contributed by atoms with van der Waals surface area (Å²) in [5.41, 5.74) is -0.0533. The smallest absolute Gasteiger partial charge is 0.410 e. The fourth-order valence-corrected chi connectivity index (χ4v) is 4.70. The zero-order valence-electron chi connectivity index (χ0n) is 22.3. The van der Waals surface area contributed by atoms with Gasteiger partial charge in [-0.3, -0.25) is 4.79 Å². The molecule has 0 aliphatic carbocycles. The quantitative estimate of drug-likeness (QED) is 0.322. The summed E-state index contributed by atoms with van der Waals surface area (Å²) in [6.07, 6.45) is 11.2. The highest BCUT2D eigenvalue weighted by molar-refractivity contribution is 5.70. The number of hydrogen-bond donors (Lipinski definition) is 2. The van der Waals surface area contributed by atoms with Gasteiger partial charge in [-0.15, -0.1) is 0 Å². The van der Waals surface area contributed by atoms with Gasteiger partial charge in [-0.2, -0.15) is 0 Å². The van der Waals surface area contributed by atoms with Crippen molar-refractivity contribution < 1.29 is 29.3 Å². The molecule has 0 aromatic rings. The zero-order valence-corrected chi connectivity index (χ0v) is 22.3. The predicted octanol–water partition coefficient (Wildman–Crippen LogP) is 4.92. The van der Waals surface area contributed by atoms with E-state index in [1.165, 1.54) is 0 Å². The minimum atomic E-state index is -0.923. The minimum absolute atomic E-state index is 0.0322. The van der Waals surface area contributed by atoms with Gasteiger partial charge in [0.2, 0.25) is 0 Å². The number of allylic oxidation sites excluding steroid dienone is 2. The molecule has 198 valence electrons. The second kappa shape index (κ2) is 13.3. The summed E-state index contributed by atoms with van der Waals surface area (Å²) in [4.78, 5) is 26.7. The Hall–Kier alpha value is -2.12. The number of rotatable bonds is 5. The minimum Gasteiger partial charge on any atom is -0.457 e. The molecule has 0 aromatic carbocycles. The first kappa shape index (κ1) is 29.1. The van der Waals surface area contributed by atoms with Gasteiger partial charge in [0.05, 0.1) is 24.7 Å². The molecule has 1 saturated heterocycles. The Kier molecular flexibility index (Phi) is 11.0. The molecule has 2 aliphatic rings. The Morgan fingerprint density at radius 3 is 2.60 bits per heavy atom. The van der Waals surface area contributed by atoms with Gasteiger partial charge in [0.15, 0.2) is 0 Å². The number of cyclic esters (lactones) is 1. The number of aliphatic hydroxyl groups excluding tert-OH is 1. The molecule has 35 heavy (non-hydrogen) atoms. The van der Waals surface area contributed by atoms with E-state index in [1.54, 1.807) is 6.92 Å². The van der Waals surface area contributed by atoms with Crippen LogP contribution in [0.4, 0.5) is 4.79 Å². The molecule has 2 rings (SSSR count). The second-order valence-corrected chi connectivity index (χ2v) is 10.8. The molecule has 2 aliphatic heterocycles. The molecule has 7 nitrogen and oxygen atoms in total. The topological polar surface area (TPSA) is 96.3 Å². The van der Waals surface area contributed by atoms with Crippen LogP contribution >= 0.6 is 0 Å². The maximum absolute atomic E-state index is 12.5. The first-order chi connectivity index (χ1) is 16.4. The molecule has 0 saturated carbocycles. The summed E-state index contributed by atoms with van der Waals surface area (Å²) in [5, 5.41) is 20.7. The fourth-order valence-electron chi connectivity index (χ4n) is 4.70. The molecule has 0 spiro atoms. The Labute approximate surface area is 210 Å². The lowest BCUT2D eigenvalue weighted by molar-refractivity contribution is -0.151. The van der Waals surface area contributed by atoms with Gasteiger partial charge in [0.25, 0.3) is 0 Å². The van der Waals surface area contributed by atoms with E-state index in [0.717, 1.165) is 18.4 Å². The molecule has 2 heterocycles. The van der Waals surface area contributed by atoms with Crippen LogP contribution in [0.2, 0.25) is 0 Å². The van der Waals surface area contributed by atoms with Crippen molar-refractivity contribution in [3.05, 3.63) is 36.0 Å². The van der Waals surface area contributed by atoms with E-state index in [2.05, 4.69) is 13.8 Å². The largest absolute Gasteiger partial charge is 0.457 e. The molecule has 7 heteroatoms. The Balaban J connectivity index is 2.00. The number of nitrogens with zero attached hydrogens (tertiary/aromatic N) is 1. The van der Waals surface area contributed by atoms with Gasteiger partial charge < -0.3 is 24.6 Å². The van der Waals surface area contributed by atoms with Gasteiger partial charge in [-0.1, -0.05) is 44.2 Å². The first-order valence-corrected chi connectivity index (χ1v) is 13.0. The number of esters is 1. The van der Waals surface area contributed by atoms with Crippen LogP contribution in [-0.4, -0.2) is 63.7 Å². The van der Waals surface area contributed by atoms with Crippen molar-refractivity contribution >= 4 is 12.1 Å². The van der Waals surface area contributed by atoms with Crippen LogP contribution in [0.15, 0.2) is 36.0 Å². The number of aliphatic hydroxyl groups is 2. The highest BCUT2D eigenvalue weighted by Gasteiger charge is 2.32. The van der Waals surface area contributed by atoms with Crippen molar-refractivity contribution in [2.45, 2.75) is 110 Å². The van der Waals surface area contributed by atoms with E-state index in [1.807, 2.05) is 56.1 Å². The van der Waals surface area contributed by atoms with E-state index in [-0.39, 0.29) is 36.4 Å². The van der Waals surface area contributed by atoms with Crippen molar-refractivity contribution in [2.75, 3.05) is 6.61 Å². The number of carbonyl (C=O) groups excluding carboxylic acids is 2. The number of ether oxygens (including phenoxy) is 2. The average molecular weight is 492 g/mol. The molecule has 0 unspecified atom stereocenters. The Morgan fingerprint density at radius 1 is 1.29 bits per heavy atom. The lowest BCUT2D eigenvalue weighted by Crippen LogP contribution is -2.39. The highest BCUT2D eigenvalue weighted by atomic mass is 16.6. The summed E-state index contributed by atoms with van der Waals surface area (Å²) < 4.78 is 11.3. The lowest BCUT2D eigenvalue weighted by Gasteiger charge is -2.27. The summed E-state index contributed by atoms with van der Waals surface area (Å²) in [6.45, 7) is 12.0. The summed E-state index contributed by atoms with van der Waals surface area (Å²) in [5.74, 6) is -0.520. The summed E-state index contributed by atoms with van der Waals surface area (Å²) in [6, 6.07) is 0.428. The summed E-state index contributed by atoms with van der Waals surface area (Å²) in [7, 11) is 0. The molecule has 2 N–H and O–H groups in total. The highest BCUT2D eigenvalue weighted by Crippen LogP contribution is 2.26. The maximum Gasteiger partial charge on any atom is 0.410 e. The van der Waals surface area contributed by atoms with E-state index >= 15 is 0 Å². The van der Waals surface area contributed by atoms with Crippen LogP contribution in [-0.2, 0) is 14.3 Å². The van der Waals surface area contributed by atoms with Gasteiger partial charge in [-0.25, -0.2) is 4.79 Å². The van der Waals surface area contributed by atoms with E-state index < -0.39 is 23.8 Å². The van der Waals surface area contributed by atoms with Gasteiger partial charge in [0, 0.05) is 23.9 Å². The standard InChI is InChI=1S/C28H45NO6/c1-19(18-34-27(32)29-22(4)12-13-23(29)5)9-7-10-20(2)26-21(3)11-8-15-28(6,33)16-14-24(30)17-25(31)35-26/h7-11,19,21-24,26,30,33H,12-18H2,1-6H3/b9-7+,11-8+,20-10+/t19-,21+,22-,23-,24-,26-,28+/m1/s1. The van der Waals surface area contributed by atoms with Gasteiger partial charge in [0.1, 0.15) is 6.10 Å². The molecule has 1 fully saturated rings. The number of amides is 1. The molecule has 7 atom stereocenters. The third kappa shape index (κ3) is 9.45. The predicted molar refractivity (Wildman–Crippen MR) is 137 cm³/mol. The zero-order chi connectivity index (χ0) is 26.2. The molecular weight excluding hydrogens is 446 g/mol. The first-order valence-electron chi connectivity index (χ1n) is 13.0. The van der Waals surface area contributed by atoms with E-state index in [0.29, 0.717) is 25.9 Å². The van der Waals surface area contributed by atoms with Crippen molar-refractivity contribution in [1.29, 1.82) is 0 Å². The van der Waals surface area contributed by atoms with Gasteiger partial charge in [-0.05, 0) is 65.4 Å². The lowest BCUT2D eigenvalue weighted by atomic mass is 9.91. The summed E-state index contributed by atoms with van der Waals surface area (Å²) >= 11 is 0. The van der Waals surface area contributed by atoms with Crippen LogP contribution in [0.3, 0.4) is 0 Å². The second-order valence-electron chi connectivity index (χ2n) is 10.8. The normalized spacial score (nSPS) is 35.2. The third-order valence-electron chi connectivity index (χ3n) is 7.03. The van der Waals surface area contributed by atoms with Crippen molar-refractivity contribution in [3.63, 3.8) is 0 Å². The monoisotopic (exact) mass is 491 g/mol. The molecular formula is C28H45NO6. The fraction of sp³-hybridized carbons (Fsp3) is 0.714. The number of likely N-dealkylation sites (tertiary alicyclic amines) is 1. The van der Waals surface area contributed by atoms with Gasteiger partial charge >= 0.3 is 12.1 Å². The average Bonchev–Trinajstić information content (AvgIpc) is 3.11. The van der Waals surface area contributed by atoms with Crippen molar-refractivity contribution in [2.24, 2.45) is 11.8 Å². The molecule has 0 radical (unpaired) electrons. The van der Waals surface area contributed by atoms with Crippen LogP contribution in [0.1, 0.15) is 80.1 Å². The Morgan fingerprint density at radius 2 is 1.94 bits per heavy atom. The van der Waals surface area contributed by atoms with E-state index in [4.69, 9.17) is 9.47 Å². The maximum atomic E-state index is 12.5. The third-order valence-corrected chi connectivity index (χ3v) is 7.03.